The van der Waals surface area contributed by atoms with Crippen molar-refractivity contribution in [2.75, 3.05) is 21.1 Å². The Labute approximate surface area is 155 Å². The van der Waals surface area contributed by atoms with Gasteiger partial charge in [-0.25, -0.2) is 4.39 Å². The summed E-state index contributed by atoms with van der Waals surface area (Å²) in [5, 5.41) is 0. The average molecular weight is 373 g/mol. The van der Waals surface area contributed by atoms with Crippen LogP contribution in [0.25, 0.3) is 0 Å². The van der Waals surface area contributed by atoms with E-state index in [0.717, 1.165) is 12.8 Å². The molecule has 0 N–H and O–H groups in total. The summed E-state index contributed by atoms with van der Waals surface area (Å²) >= 11 is 0. The van der Waals surface area contributed by atoms with Gasteiger partial charge in [-0.2, -0.15) is 0 Å². The predicted molar refractivity (Wildman–Crippen MR) is 105 cm³/mol. The van der Waals surface area contributed by atoms with Crippen LogP contribution in [0.15, 0.2) is 30.3 Å². The molecule has 25 heavy (non-hydrogen) atoms. The number of benzene rings is 1. The van der Waals surface area contributed by atoms with Gasteiger partial charge in [0.05, 0.1) is 0 Å². The van der Waals surface area contributed by atoms with Gasteiger partial charge in [-0.05, 0) is 13.3 Å². The number of rotatable bonds is 13. The van der Waals surface area contributed by atoms with Gasteiger partial charge in [-0.1, -0.05) is 87.8 Å². The van der Waals surface area contributed by atoms with Crippen molar-refractivity contribution in [3.05, 3.63) is 35.9 Å². The minimum absolute atomic E-state index is 0.707. The number of aryl methyl sites for hydroxylation is 1. The Morgan fingerprint density at radius 2 is 1.36 bits per heavy atom. The molecule has 0 atom stereocenters. The zero-order valence-corrected chi connectivity index (χ0v) is 17.6. The molecule has 1 aromatic carbocycles. The molecule has 0 saturated carbocycles. The van der Waals surface area contributed by atoms with Crippen molar-refractivity contribution < 1.29 is 17.7 Å². The minimum atomic E-state index is -2.70. The van der Waals surface area contributed by atoms with Crippen LogP contribution in [0, 0.1) is 6.92 Å². The minimum Gasteiger partial charge on any atom is -0.377 e. The number of hydrogen-bond acceptors (Lipinski definition) is 3. The molecule has 0 saturated heterocycles. The highest BCUT2D eigenvalue weighted by atomic mass is 28.4. The van der Waals surface area contributed by atoms with Gasteiger partial charge in [0, 0.05) is 20.3 Å². The summed E-state index contributed by atoms with van der Waals surface area (Å²) in [6, 6.07) is 11.0. The van der Waals surface area contributed by atoms with Gasteiger partial charge in [-0.3, -0.25) is 0 Å². The molecule has 1 rings (SSSR count). The second kappa shape index (κ2) is 16.7. The van der Waals surface area contributed by atoms with Crippen molar-refractivity contribution in [3.8, 4) is 0 Å². The third kappa shape index (κ3) is 13.2. The average Bonchev–Trinajstić information content (AvgIpc) is 2.64. The fourth-order valence-corrected chi connectivity index (χ4v) is 4.37. The van der Waals surface area contributed by atoms with Gasteiger partial charge in [0.2, 0.25) is 0 Å². The third-order valence-corrected chi connectivity index (χ3v) is 6.93. The lowest BCUT2D eigenvalue weighted by Gasteiger charge is -2.24. The normalized spacial score (nSPS) is 11.1. The molecule has 0 aliphatic heterocycles. The van der Waals surface area contributed by atoms with Gasteiger partial charge in [0.1, 0.15) is 0 Å². The van der Waals surface area contributed by atoms with E-state index in [0.29, 0.717) is 6.04 Å². The van der Waals surface area contributed by atoms with E-state index in [1.54, 1.807) is 0 Å². The highest BCUT2D eigenvalue weighted by Gasteiger charge is 2.38. The number of hydrogen-bond donors (Lipinski definition) is 0. The molecule has 3 nitrogen and oxygen atoms in total. The first kappa shape index (κ1) is 24.2. The number of alkyl halides is 1. The summed E-state index contributed by atoms with van der Waals surface area (Å²) in [6.45, 7) is 3.48. The smallest absolute Gasteiger partial charge is 0.377 e. The largest absolute Gasteiger partial charge is 0.502 e. The molecule has 5 heteroatoms. The summed E-state index contributed by atoms with van der Waals surface area (Å²) < 4.78 is 27.8. The van der Waals surface area contributed by atoms with E-state index < -0.39 is 15.7 Å². The number of halogens is 1. The van der Waals surface area contributed by atoms with Gasteiger partial charge in [0.25, 0.3) is 0 Å². The molecular formula is C20H37FO3Si. The molecule has 0 bridgehead atoms. The Morgan fingerprint density at radius 1 is 0.840 bits per heavy atom. The lowest BCUT2D eigenvalue weighted by molar-refractivity contribution is 0.0572. The van der Waals surface area contributed by atoms with Crippen LogP contribution in [-0.4, -0.2) is 29.9 Å². The Balaban J connectivity index is 0.000000676. The van der Waals surface area contributed by atoms with Crippen LogP contribution < -0.4 is 0 Å². The lowest BCUT2D eigenvalue weighted by Crippen LogP contribution is -2.43. The van der Waals surface area contributed by atoms with Crippen molar-refractivity contribution in [2.45, 2.75) is 71.3 Å². The number of unbranched alkanes of at least 4 members (excludes halogenated alkanes) is 7. The topological polar surface area (TPSA) is 27.7 Å². The fraction of sp³-hybridized carbons (Fsp3) is 0.700. The molecule has 1 aromatic rings. The van der Waals surface area contributed by atoms with Crippen molar-refractivity contribution >= 4 is 8.80 Å². The second-order valence-corrected chi connectivity index (χ2v) is 9.20. The SMILES string of the molecule is CCCCCCCCCC[Si](OC)(OC)OCF.Cc1ccccc1. The molecule has 0 unspecified atom stereocenters. The summed E-state index contributed by atoms with van der Waals surface area (Å²) in [4.78, 5) is 0. The summed E-state index contributed by atoms with van der Waals surface area (Å²) in [5.74, 6) is 0. The van der Waals surface area contributed by atoms with E-state index in [1.807, 2.05) is 18.2 Å². The molecule has 146 valence electrons. The van der Waals surface area contributed by atoms with Crippen molar-refractivity contribution in [2.24, 2.45) is 0 Å². The Hall–Kier alpha value is -0.753. The Bertz CT molecular complexity index is 386. The van der Waals surface area contributed by atoms with Gasteiger partial charge in [-0.15, -0.1) is 0 Å². The Kier molecular flexibility index (Phi) is 16.2. The molecule has 0 amide bonds. The van der Waals surface area contributed by atoms with E-state index in [2.05, 4.69) is 26.0 Å². The maximum atomic E-state index is 12.3. The lowest BCUT2D eigenvalue weighted by atomic mass is 10.1. The van der Waals surface area contributed by atoms with E-state index in [9.17, 15) is 4.39 Å². The summed E-state index contributed by atoms with van der Waals surface area (Å²) in [5.41, 5.74) is 1.32. The molecule has 0 spiro atoms. The molecular weight excluding hydrogens is 335 g/mol. The van der Waals surface area contributed by atoms with Crippen LogP contribution in [0.3, 0.4) is 0 Å². The van der Waals surface area contributed by atoms with Crippen molar-refractivity contribution in [1.82, 2.24) is 0 Å². The molecule has 0 aromatic heterocycles. The molecule has 0 aliphatic rings. The zero-order valence-electron chi connectivity index (χ0n) is 16.6. The highest BCUT2D eigenvalue weighted by Crippen LogP contribution is 2.19. The first-order valence-corrected chi connectivity index (χ1v) is 11.4. The van der Waals surface area contributed by atoms with Crippen LogP contribution >= 0.6 is 0 Å². The summed E-state index contributed by atoms with van der Waals surface area (Å²) in [7, 11) is 0.376. The van der Waals surface area contributed by atoms with E-state index >= 15 is 0 Å². The quantitative estimate of drug-likeness (QED) is 0.300. The first-order chi connectivity index (χ1) is 12.1. The molecule has 0 heterocycles. The zero-order chi connectivity index (χ0) is 18.8. The van der Waals surface area contributed by atoms with Crippen LogP contribution in [0.5, 0.6) is 0 Å². The Morgan fingerprint density at radius 3 is 1.76 bits per heavy atom. The molecule has 0 aliphatic carbocycles. The predicted octanol–water partition coefficient (Wildman–Crippen LogP) is 6.30. The van der Waals surface area contributed by atoms with Gasteiger partial charge < -0.3 is 13.3 Å². The maximum Gasteiger partial charge on any atom is 0.502 e. The van der Waals surface area contributed by atoms with Crippen LogP contribution in [-0.2, 0) is 13.3 Å². The van der Waals surface area contributed by atoms with E-state index in [1.165, 1.54) is 58.3 Å². The van der Waals surface area contributed by atoms with E-state index in [-0.39, 0.29) is 0 Å². The monoisotopic (exact) mass is 372 g/mol. The third-order valence-electron chi connectivity index (χ3n) is 4.17. The standard InChI is InChI=1S/C13H29FO3Si.C7H8/c1-4-5-6-7-8-9-10-11-12-18(15-2,16-3)17-13-14;1-7-5-3-2-4-6-7/h4-13H2,1-3H3;2-6H,1H3. The molecule has 0 fully saturated rings. The first-order valence-electron chi connectivity index (χ1n) is 9.46. The van der Waals surface area contributed by atoms with Gasteiger partial charge >= 0.3 is 8.80 Å². The summed E-state index contributed by atoms with van der Waals surface area (Å²) in [6.07, 6.45) is 9.95. The van der Waals surface area contributed by atoms with E-state index in [4.69, 9.17) is 13.3 Å². The highest BCUT2D eigenvalue weighted by molar-refractivity contribution is 6.60. The maximum absolute atomic E-state index is 12.3. The van der Waals surface area contributed by atoms with Crippen LogP contribution in [0.1, 0.15) is 63.9 Å². The van der Waals surface area contributed by atoms with Crippen molar-refractivity contribution in [3.63, 3.8) is 0 Å². The molecule has 0 radical (unpaired) electrons. The second-order valence-electron chi connectivity index (χ2n) is 6.22. The van der Waals surface area contributed by atoms with Crippen molar-refractivity contribution in [1.29, 1.82) is 0 Å². The fourth-order valence-electron chi connectivity index (χ4n) is 2.57. The van der Waals surface area contributed by atoms with Crippen LogP contribution in [0.2, 0.25) is 6.04 Å². The van der Waals surface area contributed by atoms with Gasteiger partial charge in [0.15, 0.2) is 6.86 Å². The van der Waals surface area contributed by atoms with Crippen LogP contribution in [0.4, 0.5) is 4.39 Å².